The number of nitrogens with one attached hydrogen (secondary N) is 2. The number of hydrogen-bond donors (Lipinski definition) is 2. The van der Waals surface area contributed by atoms with Gasteiger partial charge in [0.15, 0.2) is 0 Å². The van der Waals surface area contributed by atoms with Crippen molar-refractivity contribution in [1.29, 1.82) is 0 Å². The smallest absolute Gasteiger partial charge is 0.127 e. The predicted octanol–water partition coefficient (Wildman–Crippen LogP) is 0.965. The van der Waals surface area contributed by atoms with Crippen LogP contribution in [0.15, 0.2) is 24.5 Å². The number of H-pyrrole nitrogens is 1. The third-order valence-corrected chi connectivity index (χ3v) is 2.70. The summed E-state index contributed by atoms with van der Waals surface area (Å²) in [5.74, 6) is 0.939. The molecule has 0 amide bonds. The van der Waals surface area contributed by atoms with E-state index in [2.05, 4.69) is 38.7 Å². The zero-order chi connectivity index (χ0) is 13.0. The third kappa shape index (κ3) is 2.65. The zero-order valence-electron chi connectivity index (χ0n) is 10.9. The van der Waals surface area contributed by atoms with Gasteiger partial charge in [0.25, 0.3) is 0 Å². The van der Waals surface area contributed by atoms with Gasteiger partial charge in [0.1, 0.15) is 11.5 Å². The molecule has 0 fully saturated rings. The van der Waals surface area contributed by atoms with Crippen molar-refractivity contribution in [1.82, 2.24) is 25.7 Å². The summed E-state index contributed by atoms with van der Waals surface area (Å²) < 4.78 is 0. The number of aromatic nitrogens is 4. The monoisotopic (exact) mass is 246 g/mol. The van der Waals surface area contributed by atoms with Crippen LogP contribution in [0.4, 0.5) is 5.82 Å². The molecule has 0 saturated carbocycles. The molecule has 0 radical (unpaired) electrons. The molecule has 1 atom stereocenters. The van der Waals surface area contributed by atoms with Crippen LogP contribution >= 0.6 is 0 Å². The van der Waals surface area contributed by atoms with Crippen molar-refractivity contribution in [2.45, 2.75) is 13.0 Å². The Morgan fingerprint density at radius 3 is 2.67 bits per heavy atom. The lowest BCUT2D eigenvalue weighted by Crippen LogP contribution is -2.22. The van der Waals surface area contributed by atoms with Crippen LogP contribution in [0.1, 0.15) is 24.2 Å². The highest BCUT2D eigenvalue weighted by Gasteiger charge is 2.16. The first-order chi connectivity index (χ1) is 8.72. The van der Waals surface area contributed by atoms with Crippen molar-refractivity contribution >= 4 is 5.82 Å². The molecule has 0 bridgehead atoms. The number of pyridine rings is 1. The van der Waals surface area contributed by atoms with Crippen molar-refractivity contribution in [3.63, 3.8) is 0 Å². The normalized spacial score (nSPS) is 12.4. The largest absolute Gasteiger partial charge is 0.363 e. The average molecular weight is 246 g/mol. The molecular formula is C12H18N6. The highest BCUT2D eigenvalue weighted by atomic mass is 15.3. The quantitative estimate of drug-likeness (QED) is 0.822. The van der Waals surface area contributed by atoms with Gasteiger partial charge in [-0.2, -0.15) is 15.4 Å². The minimum absolute atomic E-state index is 0.0254. The van der Waals surface area contributed by atoms with Gasteiger partial charge in [-0.15, -0.1) is 0 Å². The minimum Gasteiger partial charge on any atom is -0.363 e. The molecule has 0 aromatic carbocycles. The molecule has 2 N–H and O–H groups in total. The maximum Gasteiger partial charge on any atom is 0.127 e. The summed E-state index contributed by atoms with van der Waals surface area (Å²) in [6.45, 7) is 2.92. The van der Waals surface area contributed by atoms with Crippen LogP contribution in [0.5, 0.6) is 0 Å². The summed E-state index contributed by atoms with van der Waals surface area (Å²) in [7, 11) is 3.95. The van der Waals surface area contributed by atoms with Gasteiger partial charge in [-0.05, 0) is 18.2 Å². The second kappa shape index (κ2) is 5.59. The topological polar surface area (TPSA) is 69.7 Å². The number of hydrogen-bond acceptors (Lipinski definition) is 5. The van der Waals surface area contributed by atoms with Gasteiger partial charge in [-0.3, -0.25) is 0 Å². The van der Waals surface area contributed by atoms with Crippen molar-refractivity contribution in [3.05, 3.63) is 35.8 Å². The van der Waals surface area contributed by atoms with Gasteiger partial charge in [-0.1, -0.05) is 13.0 Å². The highest BCUT2D eigenvalue weighted by molar-refractivity contribution is 5.38. The molecule has 96 valence electrons. The Labute approximate surface area is 106 Å². The summed E-state index contributed by atoms with van der Waals surface area (Å²) in [6, 6.07) is 4.09. The van der Waals surface area contributed by atoms with Gasteiger partial charge in [-0.25, -0.2) is 4.98 Å². The second-order valence-corrected chi connectivity index (χ2v) is 4.23. The van der Waals surface area contributed by atoms with E-state index in [-0.39, 0.29) is 6.04 Å². The SMILES string of the molecule is CCNC(c1ccc(N(C)C)nc1)c1cn[nH]n1. The van der Waals surface area contributed by atoms with E-state index in [1.807, 2.05) is 31.3 Å². The Kier molecular flexibility index (Phi) is 3.88. The van der Waals surface area contributed by atoms with Gasteiger partial charge in [0.05, 0.1) is 12.2 Å². The molecule has 2 rings (SSSR count). The van der Waals surface area contributed by atoms with Crippen molar-refractivity contribution in [2.24, 2.45) is 0 Å². The molecule has 18 heavy (non-hydrogen) atoms. The standard InChI is InChI=1S/C12H18N6/c1-4-13-12(10-8-15-17-16-10)9-5-6-11(14-7-9)18(2)3/h5-8,12-13H,4H2,1-3H3,(H,15,16,17). The van der Waals surface area contributed by atoms with E-state index < -0.39 is 0 Å². The molecule has 1 unspecified atom stereocenters. The highest BCUT2D eigenvalue weighted by Crippen LogP contribution is 2.20. The fourth-order valence-corrected chi connectivity index (χ4v) is 1.78. The summed E-state index contributed by atoms with van der Waals surface area (Å²) >= 11 is 0. The van der Waals surface area contributed by atoms with Gasteiger partial charge in [0.2, 0.25) is 0 Å². The molecule has 2 aromatic heterocycles. The summed E-state index contributed by atoms with van der Waals surface area (Å²) in [5.41, 5.74) is 1.95. The zero-order valence-corrected chi connectivity index (χ0v) is 10.9. The van der Waals surface area contributed by atoms with E-state index >= 15 is 0 Å². The molecule has 0 spiro atoms. The molecule has 2 heterocycles. The van der Waals surface area contributed by atoms with Gasteiger partial charge < -0.3 is 10.2 Å². The van der Waals surface area contributed by atoms with Crippen LogP contribution in [0.2, 0.25) is 0 Å². The molecule has 0 aliphatic rings. The molecule has 2 aromatic rings. The summed E-state index contributed by atoms with van der Waals surface area (Å²) in [4.78, 5) is 6.39. The van der Waals surface area contributed by atoms with Crippen LogP contribution in [-0.4, -0.2) is 41.0 Å². The van der Waals surface area contributed by atoms with Crippen LogP contribution in [-0.2, 0) is 0 Å². The van der Waals surface area contributed by atoms with E-state index in [9.17, 15) is 0 Å². The van der Waals surface area contributed by atoms with Crippen LogP contribution in [0.3, 0.4) is 0 Å². The molecular weight excluding hydrogens is 228 g/mol. The predicted molar refractivity (Wildman–Crippen MR) is 70.5 cm³/mol. The Hall–Kier alpha value is -1.95. The summed E-state index contributed by atoms with van der Waals surface area (Å²) in [6.07, 6.45) is 3.60. The van der Waals surface area contributed by atoms with Crippen LogP contribution < -0.4 is 10.2 Å². The maximum atomic E-state index is 4.42. The number of aromatic amines is 1. The third-order valence-electron chi connectivity index (χ3n) is 2.70. The van der Waals surface area contributed by atoms with Crippen molar-refractivity contribution in [3.8, 4) is 0 Å². The van der Waals surface area contributed by atoms with Crippen LogP contribution in [0, 0.1) is 0 Å². The Bertz CT molecular complexity index is 462. The van der Waals surface area contributed by atoms with E-state index in [0.29, 0.717) is 0 Å². The second-order valence-electron chi connectivity index (χ2n) is 4.23. The Morgan fingerprint density at radius 1 is 1.33 bits per heavy atom. The molecule has 0 saturated heterocycles. The van der Waals surface area contributed by atoms with Gasteiger partial charge >= 0.3 is 0 Å². The first-order valence-corrected chi connectivity index (χ1v) is 5.94. The number of rotatable bonds is 5. The first-order valence-electron chi connectivity index (χ1n) is 5.94. The molecule has 0 aliphatic carbocycles. The Morgan fingerprint density at radius 2 is 2.17 bits per heavy atom. The van der Waals surface area contributed by atoms with Crippen molar-refractivity contribution in [2.75, 3.05) is 25.5 Å². The molecule has 6 heteroatoms. The lowest BCUT2D eigenvalue weighted by Gasteiger charge is -2.17. The van der Waals surface area contributed by atoms with E-state index in [1.54, 1.807) is 6.20 Å². The van der Waals surface area contributed by atoms with E-state index in [1.165, 1.54) is 0 Å². The van der Waals surface area contributed by atoms with Crippen LogP contribution in [0.25, 0.3) is 0 Å². The lowest BCUT2D eigenvalue weighted by molar-refractivity contribution is 0.611. The number of anilines is 1. The van der Waals surface area contributed by atoms with Gasteiger partial charge in [0, 0.05) is 20.3 Å². The molecule has 0 aliphatic heterocycles. The molecule has 6 nitrogen and oxygen atoms in total. The first kappa shape index (κ1) is 12.5. The summed E-state index contributed by atoms with van der Waals surface area (Å²) in [5, 5.41) is 14.0. The van der Waals surface area contributed by atoms with E-state index in [4.69, 9.17) is 0 Å². The Balaban J connectivity index is 2.26. The number of nitrogens with zero attached hydrogens (tertiary/aromatic N) is 4. The van der Waals surface area contributed by atoms with E-state index in [0.717, 1.165) is 23.6 Å². The minimum atomic E-state index is 0.0254. The lowest BCUT2D eigenvalue weighted by atomic mass is 10.1. The fourth-order valence-electron chi connectivity index (χ4n) is 1.78. The average Bonchev–Trinajstić information content (AvgIpc) is 2.90. The fraction of sp³-hybridized carbons (Fsp3) is 0.417. The maximum absolute atomic E-state index is 4.42. The van der Waals surface area contributed by atoms with Crippen molar-refractivity contribution < 1.29 is 0 Å².